The molecule has 1 aromatic rings. The normalized spacial score (nSPS) is 9.30. The minimum atomic E-state index is 0.495. The van der Waals surface area contributed by atoms with Gasteiger partial charge in [0.25, 0.3) is 5.19 Å². The molecule has 0 saturated carbocycles. The number of hydrogen-bond donors (Lipinski definition) is 0. The van der Waals surface area contributed by atoms with Crippen LogP contribution in [0.3, 0.4) is 0 Å². The highest BCUT2D eigenvalue weighted by molar-refractivity contribution is 7.07. The Kier molecular flexibility index (Phi) is 2.39. The molecule has 0 aliphatic rings. The van der Waals surface area contributed by atoms with Crippen molar-refractivity contribution in [3.8, 4) is 5.19 Å². The molecule has 0 saturated heterocycles. The van der Waals surface area contributed by atoms with Crippen molar-refractivity contribution in [2.75, 3.05) is 6.61 Å². The Labute approximate surface area is 63.5 Å². The van der Waals surface area contributed by atoms with Gasteiger partial charge in [0, 0.05) is 11.5 Å². The predicted octanol–water partition coefficient (Wildman–Crippen LogP) is 1.41. The van der Waals surface area contributed by atoms with E-state index < -0.39 is 0 Å². The van der Waals surface area contributed by atoms with Crippen LogP contribution < -0.4 is 4.74 Å². The van der Waals surface area contributed by atoms with Gasteiger partial charge in [0.1, 0.15) is 12.4 Å². The standard InChI is InChI=1S/C6H8N2OS/c1-3-4-9-6-7-5(2)8-10-6/h3H,1,4H2,2H3. The van der Waals surface area contributed by atoms with Gasteiger partial charge in [-0.15, -0.1) is 0 Å². The summed E-state index contributed by atoms with van der Waals surface area (Å²) in [6, 6.07) is 0. The monoisotopic (exact) mass is 156 g/mol. The van der Waals surface area contributed by atoms with Crippen LogP contribution >= 0.6 is 11.5 Å². The molecule has 10 heavy (non-hydrogen) atoms. The maximum Gasteiger partial charge on any atom is 0.293 e. The second kappa shape index (κ2) is 3.31. The van der Waals surface area contributed by atoms with Crippen LogP contribution in [0.1, 0.15) is 5.82 Å². The van der Waals surface area contributed by atoms with E-state index in [1.54, 1.807) is 6.08 Å². The van der Waals surface area contributed by atoms with Crippen molar-refractivity contribution in [3.05, 3.63) is 18.5 Å². The van der Waals surface area contributed by atoms with Crippen molar-refractivity contribution in [1.29, 1.82) is 0 Å². The van der Waals surface area contributed by atoms with E-state index in [4.69, 9.17) is 4.74 Å². The van der Waals surface area contributed by atoms with Crippen LogP contribution in [0.15, 0.2) is 12.7 Å². The zero-order valence-corrected chi connectivity index (χ0v) is 6.52. The number of aryl methyl sites for hydroxylation is 1. The average molecular weight is 156 g/mol. The highest BCUT2D eigenvalue weighted by Crippen LogP contribution is 2.12. The third kappa shape index (κ3) is 1.80. The molecule has 1 aromatic heterocycles. The van der Waals surface area contributed by atoms with Gasteiger partial charge in [-0.3, -0.25) is 0 Å². The molecule has 0 aromatic carbocycles. The van der Waals surface area contributed by atoms with Gasteiger partial charge >= 0.3 is 0 Å². The van der Waals surface area contributed by atoms with Gasteiger partial charge < -0.3 is 4.74 Å². The largest absolute Gasteiger partial charge is 0.465 e. The van der Waals surface area contributed by atoms with Crippen LogP contribution in [0.25, 0.3) is 0 Å². The van der Waals surface area contributed by atoms with Crippen molar-refractivity contribution >= 4 is 11.5 Å². The summed E-state index contributed by atoms with van der Waals surface area (Å²) in [5.41, 5.74) is 0. The molecule has 0 N–H and O–H groups in total. The van der Waals surface area contributed by atoms with Crippen LogP contribution in [0, 0.1) is 6.92 Å². The molecule has 0 atom stereocenters. The molecular formula is C6H8N2OS. The summed E-state index contributed by atoms with van der Waals surface area (Å²) in [6.45, 7) is 5.84. The molecule has 4 heteroatoms. The summed E-state index contributed by atoms with van der Waals surface area (Å²) in [5.74, 6) is 0.754. The molecule has 3 nitrogen and oxygen atoms in total. The van der Waals surface area contributed by atoms with E-state index in [0.717, 1.165) is 5.82 Å². The van der Waals surface area contributed by atoms with E-state index in [2.05, 4.69) is 15.9 Å². The highest BCUT2D eigenvalue weighted by Gasteiger charge is 1.97. The molecule has 0 amide bonds. The van der Waals surface area contributed by atoms with Gasteiger partial charge in [0.2, 0.25) is 0 Å². The zero-order valence-electron chi connectivity index (χ0n) is 5.70. The molecule has 0 unspecified atom stereocenters. The molecule has 1 rings (SSSR count). The molecule has 0 bridgehead atoms. The van der Waals surface area contributed by atoms with Crippen molar-refractivity contribution in [2.45, 2.75) is 6.92 Å². The first kappa shape index (κ1) is 7.21. The summed E-state index contributed by atoms with van der Waals surface area (Å²) in [5, 5.41) is 0.609. The van der Waals surface area contributed by atoms with Crippen LogP contribution in [0.5, 0.6) is 5.19 Å². The predicted molar refractivity (Wildman–Crippen MR) is 40.3 cm³/mol. The van der Waals surface area contributed by atoms with E-state index in [1.807, 2.05) is 6.92 Å². The Balaban J connectivity index is 2.49. The van der Waals surface area contributed by atoms with Gasteiger partial charge in [-0.05, 0) is 6.92 Å². The molecule has 0 aliphatic heterocycles. The van der Waals surface area contributed by atoms with Gasteiger partial charge in [0.15, 0.2) is 0 Å². The number of rotatable bonds is 3. The van der Waals surface area contributed by atoms with Crippen molar-refractivity contribution in [3.63, 3.8) is 0 Å². The molecule has 0 fully saturated rings. The molecule has 1 heterocycles. The summed E-state index contributed by atoms with van der Waals surface area (Å²) in [6.07, 6.45) is 1.68. The fourth-order valence-corrected chi connectivity index (χ4v) is 1.01. The van der Waals surface area contributed by atoms with Gasteiger partial charge in [-0.25, -0.2) is 0 Å². The third-order valence-corrected chi connectivity index (χ3v) is 1.55. The molecule has 0 aliphatic carbocycles. The minimum absolute atomic E-state index is 0.495. The molecular weight excluding hydrogens is 148 g/mol. The van der Waals surface area contributed by atoms with Crippen LogP contribution in [0.4, 0.5) is 0 Å². The quantitative estimate of drug-likeness (QED) is 0.621. The SMILES string of the molecule is C=CCOc1nc(C)ns1. The Morgan fingerprint density at radius 2 is 2.60 bits per heavy atom. The zero-order chi connectivity index (χ0) is 7.40. The lowest BCUT2D eigenvalue weighted by Crippen LogP contribution is -1.91. The van der Waals surface area contributed by atoms with Crippen LogP contribution in [0.2, 0.25) is 0 Å². The Bertz CT molecular complexity index is 221. The second-order valence-electron chi connectivity index (χ2n) is 1.71. The van der Waals surface area contributed by atoms with Crippen molar-refractivity contribution in [2.24, 2.45) is 0 Å². The summed E-state index contributed by atoms with van der Waals surface area (Å²) in [7, 11) is 0. The first-order valence-electron chi connectivity index (χ1n) is 2.87. The fraction of sp³-hybridized carbons (Fsp3) is 0.333. The number of ether oxygens (including phenoxy) is 1. The minimum Gasteiger partial charge on any atom is -0.465 e. The van der Waals surface area contributed by atoms with Crippen molar-refractivity contribution < 1.29 is 4.74 Å². The van der Waals surface area contributed by atoms with Crippen molar-refractivity contribution in [1.82, 2.24) is 9.36 Å². The summed E-state index contributed by atoms with van der Waals surface area (Å²) in [4.78, 5) is 3.99. The number of aromatic nitrogens is 2. The maximum atomic E-state index is 5.10. The van der Waals surface area contributed by atoms with E-state index >= 15 is 0 Å². The van der Waals surface area contributed by atoms with Crippen LogP contribution in [-0.4, -0.2) is 16.0 Å². The molecule has 0 spiro atoms. The van der Waals surface area contributed by atoms with E-state index in [0.29, 0.717) is 11.8 Å². The highest BCUT2D eigenvalue weighted by atomic mass is 32.1. The lowest BCUT2D eigenvalue weighted by atomic mass is 10.7. The van der Waals surface area contributed by atoms with Crippen LogP contribution in [-0.2, 0) is 0 Å². The Morgan fingerprint density at radius 1 is 1.80 bits per heavy atom. The smallest absolute Gasteiger partial charge is 0.293 e. The lowest BCUT2D eigenvalue weighted by Gasteiger charge is -1.92. The summed E-state index contributed by atoms with van der Waals surface area (Å²) < 4.78 is 9.04. The lowest BCUT2D eigenvalue weighted by molar-refractivity contribution is 0.360. The Hall–Kier alpha value is -0.900. The number of nitrogens with zero attached hydrogens (tertiary/aromatic N) is 2. The van der Waals surface area contributed by atoms with Gasteiger partial charge in [-0.2, -0.15) is 9.36 Å². The fourth-order valence-electron chi connectivity index (χ4n) is 0.467. The third-order valence-electron chi connectivity index (χ3n) is 0.834. The summed E-state index contributed by atoms with van der Waals surface area (Å²) >= 11 is 1.26. The average Bonchev–Trinajstić information content (AvgIpc) is 2.31. The van der Waals surface area contributed by atoms with E-state index in [9.17, 15) is 0 Å². The van der Waals surface area contributed by atoms with Gasteiger partial charge in [-0.1, -0.05) is 12.7 Å². The molecule has 54 valence electrons. The van der Waals surface area contributed by atoms with E-state index in [-0.39, 0.29) is 0 Å². The first-order valence-corrected chi connectivity index (χ1v) is 3.64. The van der Waals surface area contributed by atoms with Gasteiger partial charge in [0.05, 0.1) is 0 Å². The topological polar surface area (TPSA) is 35.0 Å². The second-order valence-corrected chi connectivity index (χ2v) is 2.42. The van der Waals surface area contributed by atoms with E-state index in [1.165, 1.54) is 11.5 Å². The first-order chi connectivity index (χ1) is 4.83. The number of hydrogen-bond acceptors (Lipinski definition) is 4. The maximum absolute atomic E-state index is 5.10. The molecule has 0 radical (unpaired) electrons. The Morgan fingerprint density at radius 3 is 3.10 bits per heavy atom.